The van der Waals surface area contributed by atoms with E-state index in [1.165, 1.54) is 23.5 Å². The van der Waals surface area contributed by atoms with Crippen molar-refractivity contribution in [3.8, 4) is 0 Å². The van der Waals surface area contributed by atoms with Crippen LogP contribution in [-0.4, -0.2) is 5.78 Å². The van der Waals surface area contributed by atoms with Gasteiger partial charge in [0.1, 0.15) is 5.82 Å². The lowest BCUT2D eigenvalue weighted by Crippen LogP contribution is -2.01. The average molecular weight is 364 g/mol. The van der Waals surface area contributed by atoms with Crippen LogP contribution in [0.25, 0.3) is 0 Å². The number of benzene rings is 1. The quantitative estimate of drug-likeness (QED) is 0.710. The van der Waals surface area contributed by atoms with Gasteiger partial charge in [-0.3, -0.25) is 4.79 Å². The van der Waals surface area contributed by atoms with E-state index < -0.39 is 5.82 Å². The molecule has 16 heavy (non-hydrogen) atoms. The first kappa shape index (κ1) is 12.0. The Labute approximate surface area is 113 Å². The van der Waals surface area contributed by atoms with E-state index in [0.717, 1.165) is 4.47 Å². The van der Waals surface area contributed by atoms with Gasteiger partial charge in [-0.1, -0.05) is 15.9 Å². The summed E-state index contributed by atoms with van der Waals surface area (Å²) in [6.45, 7) is 0. The highest BCUT2D eigenvalue weighted by Crippen LogP contribution is 2.25. The van der Waals surface area contributed by atoms with E-state index >= 15 is 0 Å². The van der Waals surface area contributed by atoms with Crippen molar-refractivity contribution in [1.82, 2.24) is 0 Å². The van der Waals surface area contributed by atoms with Crippen LogP contribution in [0.5, 0.6) is 0 Å². The molecule has 0 aliphatic carbocycles. The Morgan fingerprint density at radius 2 is 1.94 bits per heavy atom. The van der Waals surface area contributed by atoms with Crippen molar-refractivity contribution in [2.45, 2.75) is 0 Å². The van der Waals surface area contributed by atoms with Gasteiger partial charge in [-0.2, -0.15) is 0 Å². The van der Waals surface area contributed by atoms with E-state index in [1.807, 2.05) is 0 Å². The molecule has 0 spiro atoms. The SMILES string of the molecule is O=C(c1cc(Br)cs1)c1cc(Br)ccc1F. The van der Waals surface area contributed by atoms with Gasteiger partial charge >= 0.3 is 0 Å². The lowest BCUT2D eigenvalue weighted by atomic mass is 10.1. The van der Waals surface area contributed by atoms with Crippen LogP contribution in [0.4, 0.5) is 4.39 Å². The number of thiophene rings is 1. The molecule has 2 rings (SSSR count). The minimum Gasteiger partial charge on any atom is -0.288 e. The van der Waals surface area contributed by atoms with Crippen LogP contribution in [0.2, 0.25) is 0 Å². The molecule has 0 aliphatic heterocycles. The second-order valence-corrected chi connectivity index (χ2v) is 5.83. The van der Waals surface area contributed by atoms with Crippen LogP contribution in [0.15, 0.2) is 38.6 Å². The second-order valence-electron chi connectivity index (χ2n) is 3.08. The smallest absolute Gasteiger partial charge is 0.205 e. The summed E-state index contributed by atoms with van der Waals surface area (Å²) >= 11 is 7.77. The third-order valence-electron chi connectivity index (χ3n) is 1.96. The summed E-state index contributed by atoms with van der Waals surface area (Å²) in [4.78, 5) is 12.5. The van der Waals surface area contributed by atoms with Crippen molar-refractivity contribution < 1.29 is 9.18 Å². The highest BCUT2D eigenvalue weighted by molar-refractivity contribution is 9.10. The zero-order chi connectivity index (χ0) is 11.7. The Morgan fingerprint density at radius 1 is 1.19 bits per heavy atom. The van der Waals surface area contributed by atoms with Crippen molar-refractivity contribution >= 4 is 49.0 Å². The molecule has 0 radical (unpaired) electrons. The molecular weight excluding hydrogens is 359 g/mol. The Kier molecular flexibility index (Phi) is 3.56. The zero-order valence-corrected chi connectivity index (χ0v) is 11.8. The fourth-order valence-corrected chi connectivity index (χ4v) is 2.98. The van der Waals surface area contributed by atoms with Gasteiger partial charge in [0.25, 0.3) is 0 Å². The predicted octanol–water partition coefficient (Wildman–Crippen LogP) is 4.64. The monoisotopic (exact) mass is 362 g/mol. The van der Waals surface area contributed by atoms with E-state index in [-0.39, 0.29) is 11.3 Å². The van der Waals surface area contributed by atoms with Crippen molar-refractivity contribution in [2.75, 3.05) is 0 Å². The molecule has 82 valence electrons. The van der Waals surface area contributed by atoms with Crippen molar-refractivity contribution in [1.29, 1.82) is 0 Å². The summed E-state index contributed by atoms with van der Waals surface area (Å²) in [6.07, 6.45) is 0. The third-order valence-corrected chi connectivity index (χ3v) is 4.15. The Hall–Kier alpha value is -0.520. The molecule has 5 heteroatoms. The lowest BCUT2D eigenvalue weighted by molar-refractivity contribution is 0.103. The predicted molar refractivity (Wildman–Crippen MR) is 69.6 cm³/mol. The molecule has 1 aromatic carbocycles. The van der Waals surface area contributed by atoms with E-state index in [1.54, 1.807) is 17.5 Å². The van der Waals surface area contributed by atoms with Crippen molar-refractivity contribution in [3.63, 3.8) is 0 Å². The van der Waals surface area contributed by atoms with E-state index in [9.17, 15) is 9.18 Å². The number of ketones is 1. The largest absolute Gasteiger partial charge is 0.288 e. The van der Waals surface area contributed by atoms with Crippen molar-refractivity contribution in [2.24, 2.45) is 0 Å². The summed E-state index contributed by atoms with van der Waals surface area (Å²) in [6, 6.07) is 6.02. The Morgan fingerprint density at radius 3 is 2.56 bits per heavy atom. The maximum absolute atomic E-state index is 13.5. The van der Waals surface area contributed by atoms with Gasteiger partial charge in [-0.25, -0.2) is 4.39 Å². The normalized spacial score (nSPS) is 10.4. The first-order valence-electron chi connectivity index (χ1n) is 4.31. The van der Waals surface area contributed by atoms with Gasteiger partial charge in [0, 0.05) is 14.3 Å². The molecule has 0 amide bonds. The van der Waals surface area contributed by atoms with Gasteiger partial charge in [0.2, 0.25) is 5.78 Å². The van der Waals surface area contributed by atoms with Crippen LogP contribution in [-0.2, 0) is 0 Å². The lowest BCUT2D eigenvalue weighted by Gasteiger charge is -2.00. The molecular formula is C11H5Br2FOS. The Bertz CT molecular complexity index is 551. The summed E-state index contributed by atoms with van der Waals surface area (Å²) < 4.78 is 15.0. The van der Waals surface area contributed by atoms with Crippen LogP contribution in [0.3, 0.4) is 0 Å². The number of carbonyl (C=O) groups is 1. The molecule has 0 saturated heterocycles. The van der Waals surface area contributed by atoms with E-state index in [0.29, 0.717) is 9.35 Å². The molecule has 1 aromatic heterocycles. The van der Waals surface area contributed by atoms with Gasteiger partial charge in [0.15, 0.2) is 0 Å². The minimum atomic E-state index is -0.502. The molecule has 1 heterocycles. The van der Waals surface area contributed by atoms with Gasteiger partial charge < -0.3 is 0 Å². The maximum atomic E-state index is 13.5. The second kappa shape index (κ2) is 4.77. The number of halogens is 3. The molecule has 0 unspecified atom stereocenters. The number of rotatable bonds is 2. The number of carbonyl (C=O) groups excluding carboxylic acids is 1. The maximum Gasteiger partial charge on any atom is 0.205 e. The topological polar surface area (TPSA) is 17.1 Å². The molecule has 0 N–H and O–H groups in total. The summed E-state index contributed by atoms with van der Waals surface area (Å²) in [7, 11) is 0. The van der Waals surface area contributed by atoms with Crippen LogP contribution < -0.4 is 0 Å². The fraction of sp³-hybridized carbons (Fsp3) is 0. The molecule has 0 atom stereocenters. The zero-order valence-electron chi connectivity index (χ0n) is 7.84. The summed E-state index contributed by atoms with van der Waals surface area (Å²) in [5, 5.41) is 1.79. The average Bonchev–Trinajstić information content (AvgIpc) is 2.67. The third kappa shape index (κ3) is 2.42. The minimum absolute atomic E-state index is 0.0868. The van der Waals surface area contributed by atoms with Gasteiger partial charge in [-0.15, -0.1) is 11.3 Å². The fourth-order valence-electron chi connectivity index (χ4n) is 1.24. The van der Waals surface area contributed by atoms with Crippen LogP contribution >= 0.6 is 43.2 Å². The molecule has 0 aliphatic rings. The first-order valence-corrected chi connectivity index (χ1v) is 6.78. The van der Waals surface area contributed by atoms with Gasteiger partial charge in [0.05, 0.1) is 10.4 Å². The molecule has 0 saturated carbocycles. The van der Waals surface area contributed by atoms with Crippen molar-refractivity contribution in [3.05, 3.63) is 54.8 Å². The van der Waals surface area contributed by atoms with E-state index in [2.05, 4.69) is 31.9 Å². The standard InChI is InChI=1S/C11H5Br2FOS/c12-6-1-2-9(14)8(3-6)11(15)10-4-7(13)5-16-10/h1-5H. The number of hydrogen-bond acceptors (Lipinski definition) is 2. The van der Waals surface area contributed by atoms with Crippen LogP contribution in [0.1, 0.15) is 15.2 Å². The molecule has 0 fully saturated rings. The highest BCUT2D eigenvalue weighted by Gasteiger charge is 2.15. The Balaban J connectivity index is 2.45. The van der Waals surface area contributed by atoms with Crippen LogP contribution in [0, 0.1) is 5.82 Å². The summed E-state index contributed by atoms with van der Waals surface area (Å²) in [5.74, 6) is -0.799. The first-order chi connectivity index (χ1) is 7.58. The highest BCUT2D eigenvalue weighted by atomic mass is 79.9. The molecule has 0 bridgehead atoms. The van der Waals surface area contributed by atoms with E-state index in [4.69, 9.17) is 0 Å². The number of hydrogen-bond donors (Lipinski definition) is 0. The van der Waals surface area contributed by atoms with Gasteiger partial charge in [-0.05, 0) is 40.2 Å². The molecule has 1 nitrogen and oxygen atoms in total. The molecule has 2 aromatic rings. The summed E-state index contributed by atoms with van der Waals surface area (Å²) in [5.41, 5.74) is 0.0868.